The number of carbonyl (C=O) groups excluding carboxylic acids is 2. The van der Waals surface area contributed by atoms with Crippen LogP contribution in [0, 0.1) is 5.82 Å². The monoisotopic (exact) mass is 362 g/mol. The molecule has 0 aliphatic heterocycles. The summed E-state index contributed by atoms with van der Waals surface area (Å²) < 4.78 is 13.6. The Kier molecular flexibility index (Phi) is 5.32. The lowest BCUT2D eigenvalue weighted by Gasteiger charge is -2.10. The summed E-state index contributed by atoms with van der Waals surface area (Å²) in [7, 11) is 0. The molecule has 134 valence electrons. The second kappa shape index (κ2) is 8.01. The van der Waals surface area contributed by atoms with Crippen LogP contribution in [0.5, 0.6) is 0 Å². The van der Waals surface area contributed by atoms with Crippen molar-refractivity contribution in [3.63, 3.8) is 0 Å². The van der Waals surface area contributed by atoms with E-state index in [0.29, 0.717) is 5.56 Å². The van der Waals surface area contributed by atoms with Crippen molar-refractivity contribution in [1.29, 1.82) is 0 Å². The number of carboxylic acid groups (broad SMARTS) is 1. The van der Waals surface area contributed by atoms with E-state index in [1.54, 1.807) is 36.4 Å². The summed E-state index contributed by atoms with van der Waals surface area (Å²) in [4.78, 5) is 31.7. The Hall–Kier alpha value is -3.87. The first-order chi connectivity index (χ1) is 13.0. The molecule has 0 fully saturated rings. The number of rotatable bonds is 5. The molecule has 0 aliphatic carbocycles. The number of nitrogens with one attached hydrogen (secondary N) is 1. The molecule has 0 saturated heterocycles. The van der Waals surface area contributed by atoms with Crippen LogP contribution in [0.1, 0.15) is 26.3 Å². The summed E-state index contributed by atoms with van der Waals surface area (Å²) in [5.41, 5.74) is 0.0416. The fourth-order valence-electron chi connectivity index (χ4n) is 2.32. The van der Waals surface area contributed by atoms with Crippen LogP contribution in [0.3, 0.4) is 0 Å². The number of halogens is 1. The number of pyridine rings is 1. The van der Waals surface area contributed by atoms with E-state index >= 15 is 0 Å². The van der Waals surface area contributed by atoms with Gasteiger partial charge in [-0.2, -0.15) is 0 Å². The Morgan fingerprint density at radius 2 is 1.67 bits per heavy atom. The summed E-state index contributed by atoms with van der Waals surface area (Å²) in [6.45, 7) is 0. The predicted molar refractivity (Wildman–Crippen MR) is 96.6 cm³/mol. The molecule has 0 unspecified atom stereocenters. The van der Waals surface area contributed by atoms with E-state index in [2.05, 4.69) is 15.3 Å². The van der Waals surface area contributed by atoms with Gasteiger partial charge in [-0.1, -0.05) is 42.5 Å². The van der Waals surface area contributed by atoms with Crippen LogP contribution < -0.4 is 10.4 Å². The Morgan fingerprint density at radius 3 is 2.41 bits per heavy atom. The average Bonchev–Trinajstić information content (AvgIpc) is 2.67. The second-order valence-electron chi connectivity index (χ2n) is 5.45. The van der Waals surface area contributed by atoms with Crippen LogP contribution in [0.4, 0.5) is 16.0 Å². The molecule has 1 N–H and O–H groups in total. The van der Waals surface area contributed by atoms with Gasteiger partial charge in [-0.15, -0.1) is 0 Å². The molecule has 2 aromatic carbocycles. The van der Waals surface area contributed by atoms with Crippen molar-refractivity contribution in [2.75, 3.05) is 5.32 Å². The standard InChI is InChI=1S/C20H14FN3O3/c21-16-9-4-1-6-13(16)12-22-17-10-5-11-18(23-17)24-19(25)14-7-2-3-8-15(14)20(26)27/h1-12H,(H,26,27)(H,23,24,25)/p-1. The zero-order valence-corrected chi connectivity index (χ0v) is 13.9. The molecule has 0 bridgehead atoms. The van der Waals surface area contributed by atoms with E-state index in [4.69, 9.17) is 0 Å². The molecule has 1 aromatic heterocycles. The molecule has 0 spiro atoms. The number of anilines is 1. The lowest BCUT2D eigenvalue weighted by Crippen LogP contribution is -2.26. The van der Waals surface area contributed by atoms with Crippen molar-refractivity contribution in [3.05, 3.63) is 89.2 Å². The highest BCUT2D eigenvalue weighted by Crippen LogP contribution is 2.15. The van der Waals surface area contributed by atoms with Gasteiger partial charge in [0.1, 0.15) is 11.6 Å². The van der Waals surface area contributed by atoms with E-state index in [0.717, 1.165) is 0 Å². The maximum Gasteiger partial charge on any atom is 0.257 e. The SMILES string of the molecule is O=C([O-])c1ccccc1C(=O)Nc1cccc(N=Cc2ccccc2F)n1. The van der Waals surface area contributed by atoms with Crippen LogP contribution >= 0.6 is 0 Å². The molecule has 0 atom stereocenters. The maximum absolute atomic E-state index is 13.6. The molecule has 6 nitrogen and oxygen atoms in total. The van der Waals surface area contributed by atoms with Crippen LogP contribution in [-0.2, 0) is 0 Å². The lowest BCUT2D eigenvalue weighted by molar-refractivity contribution is -0.255. The summed E-state index contributed by atoms with van der Waals surface area (Å²) >= 11 is 0. The molecule has 3 rings (SSSR count). The summed E-state index contributed by atoms with van der Waals surface area (Å²) in [5, 5.41) is 13.6. The Labute approximate surface area is 154 Å². The zero-order chi connectivity index (χ0) is 19.2. The van der Waals surface area contributed by atoms with Crippen molar-refractivity contribution in [2.24, 2.45) is 4.99 Å². The van der Waals surface area contributed by atoms with Gasteiger partial charge in [0, 0.05) is 22.9 Å². The largest absolute Gasteiger partial charge is 0.545 e. The fourth-order valence-corrected chi connectivity index (χ4v) is 2.32. The molecule has 0 saturated carbocycles. The van der Waals surface area contributed by atoms with E-state index in [1.807, 2.05) is 0 Å². The highest BCUT2D eigenvalue weighted by Gasteiger charge is 2.12. The number of hydrogen-bond donors (Lipinski definition) is 1. The van der Waals surface area contributed by atoms with Gasteiger partial charge in [-0.25, -0.2) is 14.4 Å². The van der Waals surface area contributed by atoms with Gasteiger partial charge in [0.2, 0.25) is 0 Å². The normalized spacial score (nSPS) is 10.7. The van der Waals surface area contributed by atoms with Gasteiger partial charge < -0.3 is 15.2 Å². The van der Waals surface area contributed by atoms with E-state index < -0.39 is 17.7 Å². The van der Waals surface area contributed by atoms with Gasteiger partial charge in [-0.3, -0.25) is 4.79 Å². The number of carboxylic acids is 1. The van der Waals surface area contributed by atoms with Crippen LogP contribution in [0.2, 0.25) is 0 Å². The quantitative estimate of drug-likeness (QED) is 0.706. The number of aromatic nitrogens is 1. The molecule has 7 heteroatoms. The minimum absolute atomic E-state index is 0.0421. The summed E-state index contributed by atoms with van der Waals surface area (Å²) in [5.74, 6) is -2.07. The first-order valence-electron chi connectivity index (χ1n) is 7.92. The Bertz CT molecular complexity index is 1030. The molecule has 3 aromatic rings. The minimum Gasteiger partial charge on any atom is -0.545 e. The van der Waals surface area contributed by atoms with Gasteiger partial charge in [0.05, 0.1) is 5.97 Å². The third kappa shape index (κ3) is 4.40. The number of amides is 1. The van der Waals surface area contributed by atoms with Gasteiger partial charge >= 0.3 is 0 Å². The molecule has 0 radical (unpaired) electrons. The molecular formula is C20H13FN3O3-. The number of hydrogen-bond acceptors (Lipinski definition) is 5. The number of benzene rings is 2. The van der Waals surface area contributed by atoms with Crippen molar-refractivity contribution < 1.29 is 19.1 Å². The van der Waals surface area contributed by atoms with E-state index in [9.17, 15) is 19.1 Å². The minimum atomic E-state index is -1.45. The third-order valence-electron chi connectivity index (χ3n) is 3.61. The highest BCUT2D eigenvalue weighted by atomic mass is 19.1. The number of aliphatic imine (C=N–C) groups is 1. The van der Waals surface area contributed by atoms with Gasteiger partial charge in [0.25, 0.3) is 5.91 Å². The first-order valence-corrected chi connectivity index (χ1v) is 7.92. The molecule has 1 heterocycles. The zero-order valence-electron chi connectivity index (χ0n) is 13.9. The number of carbonyl (C=O) groups is 2. The van der Waals surface area contributed by atoms with Crippen molar-refractivity contribution in [1.82, 2.24) is 4.98 Å². The second-order valence-corrected chi connectivity index (χ2v) is 5.45. The molecule has 1 amide bonds. The van der Waals surface area contributed by atoms with Crippen LogP contribution in [-0.4, -0.2) is 23.1 Å². The predicted octanol–water partition coefficient (Wildman–Crippen LogP) is 2.59. The lowest BCUT2D eigenvalue weighted by atomic mass is 10.1. The Morgan fingerprint density at radius 1 is 0.963 bits per heavy atom. The van der Waals surface area contributed by atoms with Crippen LogP contribution in [0.15, 0.2) is 71.7 Å². The van der Waals surface area contributed by atoms with Crippen molar-refractivity contribution in [3.8, 4) is 0 Å². The van der Waals surface area contributed by atoms with Gasteiger partial charge in [0.15, 0.2) is 5.82 Å². The Balaban J connectivity index is 1.79. The van der Waals surface area contributed by atoms with Crippen molar-refractivity contribution in [2.45, 2.75) is 0 Å². The smallest absolute Gasteiger partial charge is 0.257 e. The van der Waals surface area contributed by atoms with Crippen molar-refractivity contribution >= 4 is 29.7 Å². The first kappa shape index (κ1) is 17.9. The topological polar surface area (TPSA) is 94.5 Å². The third-order valence-corrected chi connectivity index (χ3v) is 3.61. The molecule has 27 heavy (non-hydrogen) atoms. The van der Waals surface area contributed by atoms with E-state index in [1.165, 1.54) is 36.5 Å². The summed E-state index contributed by atoms with van der Waals surface area (Å²) in [6, 6.07) is 16.6. The van der Waals surface area contributed by atoms with Crippen LogP contribution in [0.25, 0.3) is 0 Å². The summed E-state index contributed by atoms with van der Waals surface area (Å²) in [6.07, 6.45) is 1.33. The average molecular weight is 362 g/mol. The maximum atomic E-state index is 13.6. The molecule has 0 aliphatic rings. The fraction of sp³-hybridized carbons (Fsp3) is 0. The van der Waals surface area contributed by atoms with Gasteiger partial charge in [-0.05, 0) is 24.3 Å². The number of aromatic carboxylic acids is 1. The molecular weight excluding hydrogens is 349 g/mol. The van der Waals surface area contributed by atoms with E-state index in [-0.39, 0.29) is 22.8 Å². The highest BCUT2D eigenvalue weighted by molar-refractivity contribution is 6.10. The number of nitrogens with zero attached hydrogens (tertiary/aromatic N) is 2.